The van der Waals surface area contributed by atoms with E-state index in [0.29, 0.717) is 12.1 Å². The van der Waals surface area contributed by atoms with Gasteiger partial charge in [0.1, 0.15) is 0 Å². The molecule has 1 heterocycles. The molecule has 2 unspecified atom stereocenters. The fourth-order valence-corrected chi connectivity index (χ4v) is 4.38. The second kappa shape index (κ2) is 7.65. The number of hydrogen-bond donors (Lipinski definition) is 1. The monoisotopic (exact) mass is 257 g/mol. The van der Waals surface area contributed by atoms with Crippen LogP contribution < -0.4 is 5.32 Å². The quantitative estimate of drug-likeness (QED) is 0.757. The summed E-state index contributed by atoms with van der Waals surface area (Å²) in [4.78, 5) is 0. The zero-order chi connectivity index (χ0) is 11.9. The summed E-state index contributed by atoms with van der Waals surface area (Å²) >= 11 is 2.20. The summed E-state index contributed by atoms with van der Waals surface area (Å²) in [6.45, 7) is 0.992. The minimum absolute atomic E-state index is 0.558. The molecule has 3 heteroatoms. The van der Waals surface area contributed by atoms with Gasteiger partial charge >= 0.3 is 0 Å². The average Bonchev–Trinajstić information content (AvgIpc) is 3.02. The molecule has 2 atom stereocenters. The molecule has 0 bridgehead atoms. The molecule has 2 nitrogen and oxygen atoms in total. The van der Waals surface area contributed by atoms with Crippen LogP contribution in [0.2, 0.25) is 0 Å². The molecule has 1 aliphatic heterocycles. The summed E-state index contributed by atoms with van der Waals surface area (Å²) in [6.07, 6.45) is 11.5. The summed E-state index contributed by atoms with van der Waals surface area (Å²) in [6, 6.07) is 0.685. The van der Waals surface area contributed by atoms with Crippen LogP contribution in [0, 0.1) is 0 Å². The van der Waals surface area contributed by atoms with Gasteiger partial charge in [0, 0.05) is 23.7 Å². The van der Waals surface area contributed by atoms with Gasteiger partial charge in [0.25, 0.3) is 0 Å². The number of ether oxygens (including phenoxy) is 1. The van der Waals surface area contributed by atoms with Crippen LogP contribution >= 0.6 is 11.8 Å². The smallest absolute Gasteiger partial charge is 0.0576 e. The molecule has 1 aliphatic carbocycles. The fourth-order valence-electron chi connectivity index (χ4n) is 2.88. The molecule has 17 heavy (non-hydrogen) atoms. The maximum atomic E-state index is 5.69. The van der Waals surface area contributed by atoms with Crippen LogP contribution in [-0.2, 0) is 4.74 Å². The van der Waals surface area contributed by atoms with Crippen LogP contribution in [0.3, 0.4) is 0 Å². The zero-order valence-electron chi connectivity index (χ0n) is 11.1. The van der Waals surface area contributed by atoms with E-state index in [1.807, 2.05) is 0 Å². The Morgan fingerprint density at radius 3 is 2.71 bits per heavy atom. The van der Waals surface area contributed by atoms with Crippen LogP contribution in [0.25, 0.3) is 0 Å². The molecule has 2 fully saturated rings. The molecular formula is C14H27NOS. The van der Waals surface area contributed by atoms with Gasteiger partial charge in [-0.2, -0.15) is 11.8 Å². The van der Waals surface area contributed by atoms with Crippen LogP contribution in [-0.4, -0.2) is 36.8 Å². The van der Waals surface area contributed by atoms with Crippen molar-refractivity contribution in [3.05, 3.63) is 0 Å². The van der Waals surface area contributed by atoms with Crippen LogP contribution in [0.1, 0.15) is 51.4 Å². The third-order valence-electron chi connectivity index (χ3n) is 4.10. The first-order valence-corrected chi connectivity index (χ1v) is 8.34. The number of nitrogens with one attached hydrogen (secondary N) is 1. The predicted molar refractivity (Wildman–Crippen MR) is 75.8 cm³/mol. The van der Waals surface area contributed by atoms with Crippen molar-refractivity contribution >= 4 is 11.8 Å². The van der Waals surface area contributed by atoms with E-state index in [-0.39, 0.29) is 0 Å². The van der Waals surface area contributed by atoms with Crippen molar-refractivity contribution in [2.75, 3.05) is 19.4 Å². The van der Waals surface area contributed by atoms with E-state index in [9.17, 15) is 0 Å². The van der Waals surface area contributed by atoms with Crippen molar-refractivity contribution in [1.82, 2.24) is 5.32 Å². The summed E-state index contributed by atoms with van der Waals surface area (Å²) in [5.74, 6) is 1.29. The van der Waals surface area contributed by atoms with E-state index < -0.39 is 0 Å². The second-order valence-electron chi connectivity index (χ2n) is 5.44. The average molecular weight is 257 g/mol. The molecule has 2 rings (SSSR count). The molecule has 1 saturated carbocycles. The molecule has 100 valence electrons. The molecule has 1 N–H and O–H groups in total. The lowest BCUT2D eigenvalue weighted by Gasteiger charge is -2.19. The van der Waals surface area contributed by atoms with E-state index in [1.165, 1.54) is 57.1 Å². The first-order valence-electron chi connectivity index (χ1n) is 7.29. The van der Waals surface area contributed by atoms with E-state index >= 15 is 0 Å². The molecule has 0 spiro atoms. The Labute approximate surface area is 110 Å². The van der Waals surface area contributed by atoms with Crippen LogP contribution in [0.4, 0.5) is 0 Å². The van der Waals surface area contributed by atoms with Gasteiger partial charge < -0.3 is 10.1 Å². The van der Waals surface area contributed by atoms with Gasteiger partial charge in [0.05, 0.1) is 6.10 Å². The van der Waals surface area contributed by atoms with E-state index in [4.69, 9.17) is 4.74 Å². The maximum absolute atomic E-state index is 5.69. The highest BCUT2D eigenvalue weighted by atomic mass is 32.2. The van der Waals surface area contributed by atoms with Gasteiger partial charge in [-0.3, -0.25) is 0 Å². The predicted octanol–water partition coefficient (Wildman–Crippen LogP) is 3.21. The summed E-state index contributed by atoms with van der Waals surface area (Å²) in [5.41, 5.74) is 0. The Morgan fingerprint density at radius 2 is 2.06 bits per heavy atom. The number of hydrogen-bond acceptors (Lipinski definition) is 3. The van der Waals surface area contributed by atoms with E-state index in [1.54, 1.807) is 0 Å². The summed E-state index contributed by atoms with van der Waals surface area (Å²) < 4.78 is 5.69. The van der Waals surface area contributed by atoms with Gasteiger partial charge in [-0.05, 0) is 45.6 Å². The Bertz CT molecular complexity index is 180. The minimum Gasteiger partial charge on any atom is -0.378 e. The van der Waals surface area contributed by atoms with Crippen molar-refractivity contribution in [3.63, 3.8) is 0 Å². The molecule has 1 saturated heterocycles. The van der Waals surface area contributed by atoms with E-state index in [2.05, 4.69) is 24.1 Å². The highest BCUT2D eigenvalue weighted by Gasteiger charge is 2.19. The first kappa shape index (κ1) is 13.7. The topological polar surface area (TPSA) is 21.3 Å². The largest absolute Gasteiger partial charge is 0.378 e. The Morgan fingerprint density at radius 1 is 1.24 bits per heavy atom. The summed E-state index contributed by atoms with van der Waals surface area (Å²) in [7, 11) is 2.11. The van der Waals surface area contributed by atoms with Gasteiger partial charge in [0.15, 0.2) is 0 Å². The molecule has 0 amide bonds. The third kappa shape index (κ3) is 4.80. The molecular weight excluding hydrogens is 230 g/mol. The van der Waals surface area contributed by atoms with Gasteiger partial charge in [0.2, 0.25) is 0 Å². The lowest BCUT2D eigenvalue weighted by atomic mass is 10.1. The molecule has 0 aromatic rings. The Balaban J connectivity index is 1.58. The number of rotatable bonds is 7. The standard InChI is InChI=1S/C14H27NOS/c1-15-12(8-9-13-5-4-10-16-13)11-17-14-6-2-3-7-14/h12-15H,2-11H2,1H3. The molecule has 2 aliphatic rings. The minimum atomic E-state index is 0.558. The van der Waals surface area contributed by atoms with Crippen molar-refractivity contribution in [1.29, 1.82) is 0 Å². The van der Waals surface area contributed by atoms with Gasteiger partial charge in [-0.15, -0.1) is 0 Å². The van der Waals surface area contributed by atoms with Crippen LogP contribution in [0.5, 0.6) is 0 Å². The normalized spacial score (nSPS) is 27.7. The summed E-state index contributed by atoms with van der Waals surface area (Å²) in [5, 5.41) is 4.43. The lowest BCUT2D eigenvalue weighted by Crippen LogP contribution is -2.29. The van der Waals surface area contributed by atoms with Crippen molar-refractivity contribution < 1.29 is 4.74 Å². The van der Waals surface area contributed by atoms with Crippen molar-refractivity contribution in [2.24, 2.45) is 0 Å². The van der Waals surface area contributed by atoms with Crippen LogP contribution in [0.15, 0.2) is 0 Å². The molecule has 0 aromatic carbocycles. The van der Waals surface area contributed by atoms with Gasteiger partial charge in [-0.1, -0.05) is 12.8 Å². The highest BCUT2D eigenvalue weighted by molar-refractivity contribution is 7.99. The van der Waals surface area contributed by atoms with Gasteiger partial charge in [-0.25, -0.2) is 0 Å². The SMILES string of the molecule is CNC(CCC1CCCO1)CSC1CCCC1. The first-order chi connectivity index (χ1) is 8.38. The maximum Gasteiger partial charge on any atom is 0.0576 e. The molecule has 0 radical (unpaired) electrons. The number of thioether (sulfide) groups is 1. The highest BCUT2D eigenvalue weighted by Crippen LogP contribution is 2.30. The third-order valence-corrected chi connectivity index (χ3v) is 5.64. The Kier molecular flexibility index (Phi) is 6.16. The lowest BCUT2D eigenvalue weighted by molar-refractivity contribution is 0.100. The van der Waals surface area contributed by atoms with E-state index in [0.717, 1.165) is 11.9 Å². The fraction of sp³-hybridized carbons (Fsp3) is 1.00. The van der Waals surface area contributed by atoms with Crippen molar-refractivity contribution in [3.8, 4) is 0 Å². The Hall–Kier alpha value is 0.270. The molecule has 0 aromatic heterocycles. The zero-order valence-corrected chi connectivity index (χ0v) is 11.9. The second-order valence-corrected chi connectivity index (χ2v) is 6.77. The van der Waals surface area contributed by atoms with Crippen molar-refractivity contribution in [2.45, 2.75) is 68.8 Å².